The van der Waals surface area contributed by atoms with Crippen molar-refractivity contribution in [2.24, 2.45) is 0 Å². The molecule has 1 aliphatic rings. The zero-order chi connectivity index (χ0) is 15.1. The molecule has 1 aromatic rings. The molecule has 2 rings (SSSR count). The summed E-state index contributed by atoms with van der Waals surface area (Å²) in [5.74, 6) is 0.950. The molecule has 21 heavy (non-hydrogen) atoms. The van der Waals surface area contributed by atoms with Crippen LogP contribution >= 0.6 is 0 Å². The van der Waals surface area contributed by atoms with Crippen LogP contribution in [0.15, 0.2) is 24.3 Å². The van der Waals surface area contributed by atoms with E-state index in [1.807, 2.05) is 24.3 Å². The Kier molecular flexibility index (Phi) is 6.02. The summed E-state index contributed by atoms with van der Waals surface area (Å²) in [5.41, 5.74) is 0.926. The van der Waals surface area contributed by atoms with Crippen molar-refractivity contribution >= 4 is 10.0 Å². The third kappa shape index (κ3) is 5.65. The van der Waals surface area contributed by atoms with Gasteiger partial charge in [0.1, 0.15) is 5.75 Å². The van der Waals surface area contributed by atoms with E-state index in [0.29, 0.717) is 19.0 Å². The maximum Gasteiger partial charge on any atom is 0.211 e. The SMILES string of the molecule is COc1ccc(CNS(=O)(=O)CCC2CCCCN2)cc1. The Morgan fingerprint density at radius 2 is 2.05 bits per heavy atom. The van der Waals surface area contributed by atoms with Gasteiger partial charge in [0, 0.05) is 12.6 Å². The van der Waals surface area contributed by atoms with Gasteiger partial charge in [0.2, 0.25) is 10.0 Å². The molecule has 1 atom stereocenters. The predicted octanol–water partition coefficient (Wildman–Crippen LogP) is 1.65. The van der Waals surface area contributed by atoms with Crippen LogP contribution in [0.1, 0.15) is 31.2 Å². The van der Waals surface area contributed by atoms with Gasteiger partial charge in [-0.15, -0.1) is 0 Å². The number of ether oxygens (including phenoxy) is 1. The summed E-state index contributed by atoms with van der Waals surface area (Å²) in [4.78, 5) is 0. The van der Waals surface area contributed by atoms with Crippen molar-refractivity contribution in [3.05, 3.63) is 29.8 Å². The highest BCUT2D eigenvalue weighted by atomic mass is 32.2. The summed E-state index contributed by atoms with van der Waals surface area (Å²) in [7, 11) is -1.61. The van der Waals surface area contributed by atoms with Gasteiger partial charge in [-0.2, -0.15) is 0 Å². The number of rotatable bonds is 7. The third-order valence-corrected chi connectivity index (χ3v) is 5.16. The van der Waals surface area contributed by atoms with Gasteiger partial charge in [-0.25, -0.2) is 13.1 Å². The smallest absolute Gasteiger partial charge is 0.211 e. The van der Waals surface area contributed by atoms with Crippen LogP contribution < -0.4 is 14.8 Å². The number of nitrogens with one attached hydrogen (secondary N) is 2. The maximum absolute atomic E-state index is 12.0. The van der Waals surface area contributed by atoms with Gasteiger partial charge in [0.05, 0.1) is 12.9 Å². The first-order chi connectivity index (χ1) is 10.1. The van der Waals surface area contributed by atoms with Crippen molar-refractivity contribution in [3.63, 3.8) is 0 Å². The monoisotopic (exact) mass is 312 g/mol. The highest BCUT2D eigenvalue weighted by Crippen LogP contribution is 2.12. The molecule has 2 N–H and O–H groups in total. The molecule has 118 valence electrons. The van der Waals surface area contributed by atoms with E-state index < -0.39 is 10.0 Å². The van der Waals surface area contributed by atoms with Crippen LogP contribution in [-0.2, 0) is 16.6 Å². The lowest BCUT2D eigenvalue weighted by molar-refractivity contribution is 0.392. The predicted molar refractivity (Wildman–Crippen MR) is 83.9 cm³/mol. The molecule has 0 saturated carbocycles. The van der Waals surface area contributed by atoms with Gasteiger partial charge in [0.25, 0.3) is 0 Å². The molecule has 1 heterocycles. The van der Waals surface area contributed by atoms with Gasteiger partial charge in [-0.3, -0.25) is 0 Å². The lowest BCUT2D eigenvalue weighted by Crippen LogP contribution is -2.37. The Morgan fingerprint density at radius 1 is 1.29 bits per heavy atom. The largest absolute Gasteiger partial charge is 0.497 e. The number of hydrogen-bond donors (Lipinski definition) is 2. The number of benzene rings is 1. The number of piperidine rings is 1. The molecule has 0 amide bonds. The van der Waals surface area contributed by atoms with Crippen molar-refractivity contribution in [1.29, 1.82) is 0 Å². The molecular weight excluding hydrogens is 288 g/mol. The maximum atomic E-state index is 12.0. The van der Waals surface area contributed by atoms with E-state index in [9.17, 15) is 8.42 Å². The first kappa shape index (κ1) is 16.3. The average molecular weight is 312 g/mol. The highest BCUT2D eigenvalue weighted by molar-refractivity contribution is 7.89. The summed E-state index contributed by atoms with van der Waals surface area (Å²) in [6.07, 6.45) is 4.14. The van der Waals surface area contributed by atoms with Gasteiger partial charge in [0.15, 0.2) is 0 Å². The summed E-state index contributed by atoms with van der Waals surface area (Å²) >= 11 is 0. The molecule has 1 aromatic carbocycles. The zero-order valence-electron chi connectivity index (χ0n) is 12.5. The van der Waals surface area contributed by atoms with Crippen molar-refractivity contribution in [3.8, 4) is 5.75 Å². The Morgan fingerprint density at radius 3 is 2.67 bits per heavy atom. The summed E-state index contributed by atoms with van der Waals surface area (Å²) in [6.45, 7) is 1.33. The Bertz CT molecular complexity index is 522. The second-order valence-electron chi connectivity index (χ2n) is 5.42. The molecule has 0 aromatic heterocycles. The topological polar surface area (TPSA) is 67.4 Å². The molecule has 0 spiro atoms. The van der Waals surface area contributed by atoms with E-state index in [1.165, 1.54) is 12.8 Å². The molecule has 0 radical (unpaired) electrons. The fourth-order valence-electron chi connectivity index (χ4n) is 2.48. The van der Waals surface area contributed by atoms with Crippen LogP contribution in [0.3, 0.4) is 0 Å². The molecule has 1 aliphatic heterocycles. The van der Waals surface area contributed by atoms with Gasteiger partial charge < -0.3 is 10.1 Å². The number of methoxy groups -OCH3 is 1. The lowest BCUT2D eigenvalue weighted by atomic mass is 10.0. The first-order valence-corrected chi connectivity index (χ1v) is 9.08. The van der Waals surface area contributed by atoms with Gasteiger partial charge in [-0.05, 0) is 43.5 Å². The quantitative estimate of drug-likeness (QED) is 0.803. The Balaban J connectivity index is 1.77. The van der Waals surface area contributed by atoms with Crippen molar-refractivity contribution in [1.82, 2.24) is 10.0 Å². The van der Waals surface area contributed by atoms with E-state index in [4.69, 9.17) is 4.74 Å². The second kappa shape index (κ2) is 7.77. The van der Waals surface area contributed by atoms with Crippen molar-refractivity contribution in [2.75, 3.05) is 19.4 Å². The van der Waals surface area contributed by atoms with Crippen molar-refractivity contribution in [2.45, 2.75) is 38.3 Å². The van der Waals surface area contributed by atoms with E-state index in [1.54, 1.807) is 7.11 Å². The molecule has 1 unspecified atom stereocenters. The van der Waals surface area contributed by atoms with Crippen LogP contribution in [-0.4, -0.2) is 33.9 Å². The van der Waals surface area contributed by atoms with Crippen LogP contribution in [0.25, 0.3) is 0 Å². The van der Waals surface area contributed by atoms with E-state index >= 15 is 0 Å². The molecule has 0 aliphatic carbocycles. The average Bonchev–Trinajstić information content (AvgIpc) is 2.53. The standard InChI is InChI=1S/C15H24N2O3S/c1-20-15-7-5-13(6-8-15)12-17-21(18,19)11-9-14-4-2-3-10-16-14/h5-8,14,16-17H,2-4,9-12H2,1H3. The summed E-state index contributed by atoms with van der Waals surface area (Å²) in [6, 6.07) is 7.73. The molecule has 6 heteroatoms. The minimum absolute atomic E-state index is 0.181. The van der Waals surface area contributed by atoms with Gasteiger partial charge >= 0.3 is 0 Å². The normalized spacial score (nSPS) is 19.4. The van der Waals surface area contributed by atoms with Crippen LogP contribution in [0.4, 0.5) is 0 Å². The van der Waals surface area contributed by atoms with E-state index in [2.05, 4.69) is 10.0 Å². The molecule has 1 saturated heterocycles. The first-order valence-electron chi connectivity index (χ1n) is 7.43. The van der Waals surface area contributed by atoms with Crippen LogP contribution in [0.2, 0.25) is 0 Å². The molecule has 0 bridgehead atoms. The lowest BCUT2D eigenvalue weighted by Gasteiger charge is -2.23. The Hall–Kier alpha value is -1.11. The number of hydrogen-bond acceptors (Lipinski definition) is 4. The Labute approximate surface area is 127 Å². The summed E-state index contributed by atoms with van der Waals surface area (Å²) < 4.78 is 31.7. The van der Waals surface area contributed by atoms with E-state index in [0.717, 1.165) is 24.3 Å². The highest BCUT2D eigenvalue weighted by Gasteiger charge is 2.17. The van der Waals surface area contributed by atoms with E-state index in [-0.39, 0.29) is 5.75 Å². The van der Waals surface area contributed by atoms with Crippen LogP contribution in [0.5, 0.6) is 5.75 Å². The fraction of sp³-hybridized carbons (Fsp3) is 0.600. The van der Waals surface area contributed by atoms with Crippen LogP contribution in [0, 0.1) is 0 Å². The molecular formula is C15H24N2O3S. The minimum Gasteiger partial charge on any atom is -0.497 e. The minimum atomic E-state index is -3.22. The zero-order valence-corrected chi connectivity index (χ0v) is 13.3. The third-order valence-electron chi connectivity index (χ3n) is 3.80. The van der Waals surface area contributed by atoms with Crippen molar-refractivity contribution < 1.29 is 13.2 Å². The molecule has 1 fully saturated rings. The molecule has 5 nitrogen and oxygen atoms in total. The number of sulfonamides is 1. The fourth-order valence-corrected chi connectivity index (χ4v) is 3.60. The second-order valence-corrected chi connectivity index (χ2v) is 7.35. The summed E-state index contributed by atoms with van der Waals surface area (Å²) in [5, 5.41) is 3.37. The van der Waals surface area contributed by atoms with Gasteiger partial charge in [-0.1, -0.05) is 18.6 Å².